The Labute approximate surface area is 48.5 Å². The van der Waals surface area contributed by atoms with Gasteiger partial charge in [-0.2, -0.15) is 12.6 Å². The van der Waals surface area contributed by atoms with Crippen LogP contribution in [0, 0.1) is 0 Å². The molecule has 0 radical (unpaired) electrons. The van der Waals surface area contributed by atoms with Gasteiger partial charge in [-0.15, -0.1) is 0 Å². The SMILES string of the molecule is CCC(S)C(N)=O. The van der Waals surface area contributed by atoms with E-state index in [9.17, 15) is 4.79 Å². The summed E-state index contributed by atoms with van der Waals surface area (Å²) in [6, 6.07) is 0. The first-order valence-corrected chi connectivity index (χ1v) is 2.67. The second-order valence-corrected chi connectivity index (χ2v) is 1.95. The topological polar surface area (TPSA) is 43.1 Å². The van der Waals surface area contributed by atoms with E-state index in [0.29, 0.717) is 6.42 Å². The van der Waals surface area contributed by atoms with E-state index in [1.165, 1.54) is 0 Å². The number of amides is 1. The minimum absolute atomic E-state index is 0.264. The van der Waals surface area contributed by atoms with Crippen molar-refractivity contribution in [2.75, 3.05) is 0 Å². The Balaban J connectivity index is 3.34. The van der Waals surface area contributed by atoms with Gasteiger partial charge in [0.15, 0.2) is 0 Å². The zero-order valence-electron chi connectivity index (χ0n) is 4.22. The summed E-state index contributed by atoms with van der Waals surface area (Å²) in [7, 11) is 0. The van der Waals surface area contributed by atoms with Gasteiger partial charge < -0.3 is 5.73 Å². The van der Waals surface area contributed by atoms with Gasteiger partial charge in [0.25, 0.3) is 0 Å². The Bertz CT molecular complexity index is 74.1. The highest BCUT2D eigenvalue weighted by atomic mass is 32.1. The van der Waals surface area contributed by atoms with Gasteiger partial charge in [-0.1, -0.05) is 6.92 Å². The van der Waals surface area contributed by atoms with E-state index in [2.05, 4.69) is 12.6 Å². The fraction of sp³-hybridized carbons (Fsp3) is 0.750. The van der Waals surface area contributed by atoms with Crippen LogP contribution in [0.15, 0.2) is 0 Å². The highest BCUT2D eigenvalue weighted by Gasteiger charge is 2.03. The van der Waals surface area contributed by atoms with Gasteiger partial charge in [0.05, 0.1) is 5.25 Å². The first kappa shape index (κ1) is 6.82. The number of hydrogen-bond acceptors (Lipinski definition) is 2. The molecule has 0 spiro atoms. The van der Waals surface area contributed by atoms with Gasteiger partial charge in [-0.05, 0) is 6.42 Å². The predicted octanol–water partition coefficient (Wildman–Crippen LogP) is 0.180. The Morgan fingerprint density at radius 2 is 2.43 bits per heavy atom. The van der Waals surface area contributed by atoms with E-state index in [-0.39, 0.29) is 11.2 Å². The van der Waals surface area contributed by atoms with Crippen molar-refractivity contribution in [1.29, 1.82) is 0 Å². The van der Waals surface area contributed by atoms with Gasteiger partial charge in [-0.25, -0.2) is 0 Å². The highest BCUT2D eigenvalue weighted by molar-refractivity contribution is 7.81. The van der Waals surface area contributed by atoms with Gasteiger partial charge in [0, 0.05) is 0 Å². The third-order valence-electron chi connectivity index (χ3n) is 0.715. The van der Waals surface area contributed by atoms with E-state index in [1.807, 2.05) is 6.92 Å². The van der Waals surface area contributed by atoms with Crippen LogP contribution < -0.4 is 5.73 Å². The Kier molecular flexibility index (Phi) is 2.83. The molecule has 2 N–H and O–H groups in total. The summed E-state index contributed by atoms with van der Waals surface area (Å²) in [5.41, 5.74) is 4.83. The van der Waals surface area contributed by atoms with Crippen LogP contribution in [0.25, 0.3) is 0 Å². The maximum Gasteiger partial charge on any atom is 0.230 e. The number of hydrogen-bond donors (Lipinski definition) is 2. The maximum atomic E-state index is 10.1. The van der Waals surface area contributed by atoms with E-state index >= 15 is 0 Å². The van der Waals surface area contributed by atoms with Crippen LogP contribution in [0.2, 0.25) is 0 Å². The highest BCUT2D eigenvalue weighted by Crippen LogP contribution is 1.96. The van der Waals surface area contributed by atoms with Crippen LogP contribution in [-0.2, 0) is 4.79 Å². The summed E-state index contributed by atoms with van der Waals surface area (Å²) >= 11 is 3.85. The first-order valence-electron chi connectivity index (χ1n) is 2.16. The lowest BCUT2D eigenvalue weighted by atomic mass is 10.3. The molecule has 0 aliphatic heterocycles. The molecule has 0 aliphatic carbocycles. The lowest BCUT2D eigenvalue weighted by molar-refractivity contribution is -0.117. The fourth-order valence-corrected chi connectivity index (χ4v) is 0.201. The Morgan fingerprint density at radius 1 is 2.00 bits per heavy atom. The molecule has 0 heterocycles. The number of carbonyl (C=O) groups excluding carboxylic acids is 1. The van der Waals surface area contributed by atoms with Crippen LogP contribution >= 0.6 is 12.6 Å². The third-order valence-corrected chi connectivity index (χ3v) is 1.33. The summed E-state index contributed by atoms with van der Waals surface area (Å²) in [4.78, 5) is 10.1. The largest absolute Gasteiger partial charge is 0.369 e. The van der Waals surface area contributed by atoms with Crippen LogP contribution in [0.3, 0.4) is 0 Å². The first-order chi connectivity index (χ1) is 3.18. The fourth-order valence-electron chi connectivity index (χ4n) is 0.201. The van der Waals surface area contributed by atoms with Crippen molar-refractivity contribution >= 4 is 18.5 Å². The maximum absolute atomic E-state index is 10.1. The van der Waals surface area contributed by atoms with E-state index in [0.717, 1.165) is 0 Å². The van der Waals surface area contributed by atoms with Crippen LogP contribution in [0.4, 0.5) is 0 Å². The molecular weight excluding hydrogens is 110 g/mol. The molecule has 1 amide bonds. The standard InChI is InChI=1S/C4H9NOS/c1-2-3(7)4(5)6/h3,7H,2H2,1H3,(H2,5,6). The lowest BCUT2D eigenvalue weighted by Crippen LogP contribution is -2.22. The van der Waals surface area contributed by atoms with Gasteiger partial charge >= 0.3 is 0 Å². The summed E-state index contributed by atoms with van der Waals surface area (Å²) in [5.74, 6) is -0.342. The van der Waals surface area contributed by atoms with Gasteiger partial charge in [-0.3, -0.25) is 4.79 Å². The predicted molar refractivity (Wildman–Crippen MR) is 32.3 cm³/mol. The molecule has 0 rings (SSSR count). The Hall–Kier alpha value is -0.180. The van der Waals surface area contributed by atoms with Crippen molar-refractivity contribution in [2.24, 2.45) is 5.73 Å². The van der Waals surface area contributed by atoms with Crippen LogP contribution in [-0.4, -0.2) is 11.2 Å². The molecule has 7 heavy (non-hydrogen) atoms. The minimum atomic E-state index is -0.342. The molecule has 0 aromatic carbocycles. The van der Waals surface area contributed by atoms with Gasteiger partial charge in [0.2, 0.25) is 5.91 Å². The molecule has 2 nitrogen and oxygen atoms in total. The molecule has 0 fully saturated rings. The zero-order chi connectivity index (χ0) is 5.86. The zero-order valence-corrected chi connectivity index (χ0v) is 5.11. The normalized spacial score (nSPS) is 13.4. The lowest BCUT2D eigenvalue weighted by Gasteiger charge is -1.97. The number of rotatable bonds is 2. The number of thiol groups is 1. The minimum Gasteiger partial charge on any atom is -0.369 e. The molecule has 0 bridgehead atoms. The number of primary amides is 1. The summed E-state index contributed by atoms with van der Waals surface area (Å²) < 4.78 is 0. The van der Waals surface area contributed by atoms with Crippen molar-refractivity contribution in [1.82, 2.24) is 0 Å². The quantitative estimate of drug-likeness (QED) is 0.500. The second kappa shape index (κ2) is 2.91. The molecule has 3 heteroatoms. The molecule has 0 aromatic rings. The average Bonchev–Trinajstić information content (AvgIpc) is 1.65. The molecule has 0 saturated heterocycles. The summed E-state index contributed by atoms with van der Waals surface area (Å²) in [5, 5.41) is -0.264. The molecule has 0 aromatic heterocycles. The smallest absolute Gasteiger partial charge is 0.230 e. The number of nitrogens with two attached hydrogens (primary N) is 1. The van der Waals surface area contributed by atoms with Crippen LogP contribution in [0.5, 0.6) is 0 Å². The molecule has 0 aliphatic rings. The van der Waals surface area contributed by atoms with E-state index in [4.69, 9.17) is 5.73 Å². The van der Waals surface area contributed by atoms with Crippen LogP contribution in [0.1, 0.15) is 13.3 Å². The molecule has 1 atom stereocenters. The summed E-state index contributed by atoms with van der Waals surface area (Å²) in [6.07, 6.45) is 0.707. The Morgan fingerprint density at radius 3 is 2.43 bits per heavy atom. The molecular formula is C4H9NOS. The number of carbonyl (C=O) groups is 1. The van der Waals surface area contributed by atoms with Crippen molar-refractivity contribution in [3.8, 4) is 0 Å². The van der Waals surface area contributed by atoms with Crippen molar-refractivity contribution in [3.63, 3.8) is 0 Å². The van der Waals surface area contributed by atoms with Crippen molar-refractivity contribution in [2.45, 2.75) is 18.6 Å². The molecule has 0 saturated carbocycles. The van der Waals surface area contributed by atoms with E-state index in [1.54, 1.807) is 0 Å². The average molecular weight is 119 g/mol. The monoisotopic (exact) mass is 119 g/mol. The second-order valence-electron chi connectivity index (χ2n) is 1.33. The molecule has 42 valence electrons. The molecule has 1 unspecified atom stereocenters. The van der Waals surface area contributed by atoms with Gasteiger partial charge in [0.1, 0.15) is 0 Å². The van der Waals surface area contributed by atoms with Crippen molar-refractivity contribution in [3.05, 3.63) is 0 Å². The van der Waals surface area contributed by atoms with E-state index < -0.39 is 0 Å². The van der Waals surface area contributed by atoms with Crippen molar-refractivity contribution < 1.29 is 4.79 Å². The third kappa shape index (κ3) is 2.51. The summed E-state index contributed by atoms with van der Waals surface area (Å²) in [6.45, 7) is 1.86.